The Morgan fingerprint density at radius 3 is 2.65 bits per heavy atom. The first-order valence-corrected chi connectivity index (χ1v) is 12.0. The molecule has 0 atom stereocenters. The van der Waals surface area contributed by atoms with Crippen LogP contribution in [0.2, 0.25) is 0 Å². The molecule has 1 aromatic heterocycles. The Balaban J connectivity index is 1.57. The van der Waals surface area contributed by atoms with Gasteiger partial charge in [0.25, 0.3) is 5.91 Å². The molecule has 7 nitrogen and oxygen atoms in total. The molecule has 0 spiro atoms. The Morgan fingerprint density at radius 1 is 1.15 bits per heavy atom. The van der Waals surface area contributed by atoms with Gasteiger partial charge in [0, 0.05) is 10.2 Å². The van der Waals surface area contributed by atoms with Crippen molar-refractivity contribution in [2.75, 3.05) is 12.4 Å². The standard InChI is InChI=1S/C24H19Br2N3O4S/c1-11-6-12(2)20-18(7-11)28-23(33-20)15-10-14(4-5-19(15)30)27-24(34)29-22(31)16-8-13(25)9-17(26)21(16)32-3/h4-10,30H,1-3H3,(H2,27,29,31,34). The van der Waals surface area contributed by atoms with Gasteiger partial charge in [-0.15, -0.1) is 0 Å². The molecule has 0 radical (unpaired) electrons. The van der Waals surface area contributed by atoms with E-state index >= 15 is 0 Å². The molecule has 4 rings (SSSR count). The van der Waals surface area contributed by atoms with Gasteiger partial charge in [-0.3, -0.25) is 10.1 Å². The van der Waals surface area contributed by atoms with Gasteiger partial charge in [0.1, 0.15) is 17.0 Å². The van der Waals surface area contributed by atoms with E-state index < -0.39 is 5.91 Å². The maximum Gasteiger partial charge on any atom is 0.261 e. The van der Waals surface area contributed by atoms with Crippen molar-refractivity contribution in [3.8, 4) is 23.0 Å². The number of carbonyl (C=O) groups is 1. The second-order valence-corrected chi connectivity index (χ2v) is 9.74. The van der Waals surface area contributed by atoms with Crippen LogP contribution in [0.1, 0.15) is 21.5 Å². The largest absolute Gasteiger partial charge is 0.507 e. The fourth-order valence-electron chi connectivity index (χ4n) is 3.55. The Morgan fingerprint density at radius 2 is 1.91 bits per heavy atom. The van der Waals surface area contributed by atoms with Crippen molar-refractivity contribution >= 4 is 71.9 Å². The molecule has 0 saturated heterocycles. The average molecular weight is 605 g/mol. The van der Waals surface area contributed by atoms with Gasteiger partial charge in [0.05, 0.1) is 22.7 Å². The number of amides is 1. The maximum absolute atomic E-state index is 12.8. The number of hydrogen-bond acceptors (Lipinski definition) is 6. The van der Waals surface area contributed by atoms with Gasteiger partial charge in [0.15, 0.2) is 10.7 Å². The molecule has 3 aromatic carbocycles. The van der Waals surface area contributed by atoms with E-state index in [0.717, 1.165) is 11.1 Å². The number of nitrogens with one attached hydrogen (secondary N) is 2. The summed E-state index contributed by atoms with van der Waals surface area (Å²) in [6.07, 6.45) is 0. The van der Waals surface area contributed by atoms with Crippen LogP contribution in [0.5, 0.6) is 11.5 Å². The number of oxazole rings is 1. The highest BCUT2D eigenvalue weighted by Crippen LogP contribution is 2.35. The minimum absolute atomic E-state index is 0.00478. The lowest BCUT2D eigenvalue weighted by Gasteiger charge is -2.13. The first kappa shape index (κ1) is 24.2. The number of aromatic hydroxyl groups is 1. The minimum atomic E-state index is -0.444. The van der Waals surface area contributed by atoms with Gasteiger partial charge in [0.2, 0.25) is 5.89 Å². The smallest absolute Gasteiger partial charge is 0.261 e. The fourth-order valence-corrected chi connectivity index (χ4v) is 5.14. The first-order valence-electron chi connectivity index (χ1n) is 10.0. The number of methoxy groups -OCH3 is 1. The molecule has 0 bridgehead atoms. The van der Waals surface area contributed by atoms with E-state index in [0.29, 0.717) is 42.6 Å². The summed E-state index contributed by atoms with van der Waals surface area (Å²) in [4.78, 5) is 17.3. The molecule has 0 fully saturated rings. The monoisotopic (exact) mass is 603 g/mol. The van der Waals surface area contributed by atoms with E-state index in [1.165, 1.54) is 13.2 Å². The molecule has 0 aliphatic heterocycles. The van der Waals surface area contributed by atoms with E-state index in [1.54, 1.807) is 24.3 Å². The third-order valence-corrected chi connectivity index (χ3v) is 6.24. The normalized spacial score (nSPS) is 10.9. The van der Waals surface area contributed by atoms with Gasteiger partial charge in [-0.25, -0.2) is 4.98 Å². The number of aryl methyl sites for hydroxylation is 2. The molecule has 0 unspecified atom stereocenters. The van der Waals surface area contributed by atoms with Gasteiger partial charge in [-0.1, -0.05) is 22.0 Å². The van der Waals surface area contributed by atoms with Crippen LogP contribution in [0.25, 0.3) is 22.6 Å². The second-order valence-electron chi connectivity index (χ2n) is 7.56. The SMILES string of the molecule is COc1c(Br)cc(Br)cc1C(=O)NC(=S)Nc1ccc(O)c(-c2nc3cc(C)cc(C)c3o2)c1. The lowest BCUT2D eigenvalue weighted by molar-refractivity contribution is 0.0974. The quantitative estimate of drug-likeness (QED) is 0.181. The van der Waals surface area contributed by atoms with Crippen LogP contribution in [-0.2, 0) is 0 Å². The summed E-state index contributed by atoms with van der Waals surface area (Å²) in [6, 6.07) is 12.1. The number of rotatable bonds is 4. The molecule has 10 heteroatoms. The van der Waals surface area contributed by atoms with Crippen LogP contribution in [0.3, 0.4) is 0 Å². The molecule has 3 N–H and O–H groups in total. The van der Waals surface area contributed by atoms with Crippen LogP contribution >= 0.6 is 44.1 Å². The summed E-state index contributed by atoms with van der Waals surface area (Å²) in [6.45, 7) is 3.93. The van der Waals surface area contributed by atoms with Gasteiger partial charge in [-0.2, -0.15) is 0 Å². The zero-order chi connectivity index (χ0) is 24.6. The van der Waals surface area contributed by atoms with Crippen molar-refractivity contribution in [3.05, 3.63) is 68.1 Å². The molecular formula is C24H19Br2N3O4S. The van der Waals surface area contributed by atoms with Gasteiger partial charge >= 0.3 is 0 Å². The van der Waals surface area contributed by atoms with E-state index in [2.05, 4.69) is 47.5 Å². The van der Waals surface area contributed by atoms with E-state index in [-0.39, 0.29) is 16.8 Å². The van der Waals surface area contributed by atoms with E-state index in [9.17, 15) is 9.90 Å². The summed E-state index contributed by atoms with van der Waals surface area (Å²) in [7, 11) is 1.48. The average Bonchev–Trinajstić information content (AvgIpc) is 3.18. The lowest BCUT2D eigenvalue weighted by Crippen LogP contribution is -2.34. The fraction of sp³-hybridized carbons (Fsp3) is 0.125. The van der Waals surface area contributed by atoms with Gasteiger partial charge in [-0.05, 0) is 89.5 Å². The van der Waals surface area contributed by atoms with Crippen molar-refractivity contribution in [1.29, 1.82) is 0 Å². The molecule has 174 valence electrons. The Labute approximate surface area is 217 Å². The molecule has 1 heterocycles. The lowest BCUT2D eigenvalue weighted by atomic mass is 10.1. The zero-order valence-corrected chi connectivity index (χ0v) is 22.3. The summed E-state index contributed by atoms with van der Waals surface area (Å²) < 4.78 is 12.6. The van der Waals surface area contributed by atoms with Crippen LogP contribution in [0.4, 0.5) is 5.69 Å². The number of aromatic nitrogens is 1. The summed E-state index contributed by atoms with van der Waals surface area (Å²) >= 11 is 12.1. The number of ether oxygens (including phenoxy) is 1. The number of phenolic OH excluding ortho intramolecular Hbond substituents is 1. The molecule has 0 aliphatic rings. The summed E-state index contributed by atoms with van der Waals surface area (Å²) in [5.74, 6) is 0.228. The number of carbonyl (C=O) groups excluding carboxylic acids is 1. The van der Waals surface area contributed by atoms with Gasteiger partial charge < -0.3 is 19.6 Å². The van der Waals surface area contributed by atoms with Crippen molar-refractivity contribution in [1.82, 2.24) is 10.3 Å². The second kappa shape index (κ2) is 9.73. The summed E-state index contributed by atoms with van der Waals surface area (Å²) in [5, 5.41) is 16.1. The van der Waals surface area contributed by atoms with E-state index in [1.807, 2.05) is 26.0 Å². The molecular weight excluding hydrogens is 586 g/mol. The number of hydrogen-bond donors (Lipinski definition) is 3. The number of halogens is 2. The molecule has 4 aromatic rings. The number of phenols is 1. The van der Waals surface area contributed by atoms with E-state index in [4.69, 9.17) is 21.4 Å². The highest BCUT2D eigenvalue weighted by Gasteiger charge is 2.19. The number of benzene rings is 3. The molecule has 0 saturated carbocycles. The highest BCUT2D eigenvalue weighted by molar-refractivity contribution is 9.11. The third-order valence-electron chi connectivity index (χ3n) is 4.99. The third kappa shape index (κ3) is 4.94. The zero-order valence-electron chi connectivity index (χ0n) is 18.3. The van der Waals surface area contributed by atoms with Crippen LogP contribution in [0, 0.1) is 13.8 Å². The van der Waals surface area contributed by atoms with Crippen LogP contribution in [-0.4, -0.2) is 28.2 Å². The van der Waals surface area contributed by atoms with Crippen LogP contribution < -0.4 is 15.4 Å². The van der Waals surface area contributed by atoms with Crippen molar-refractivity contribution < 1.29 is 19.1 Å². The Hall–Kier alpha value is -2.95. The predicted molar refractivity (Wildman–Crippen MR) is 143 cm³/mol. The number of nitrogens with zero attached hydrogens (tertiary/aromatic N) is 1. The van der Waals surface area contributed by atoms with Crippen molar-refractivity contribution in [2.24, 2.45) is 0 Å². The topological polar surface area (TPSA) is 96.6 Å². The Kier molecular flexibility index (Phi) is 6.92. The van der Waals surface area contributed by atoms with Crippen LogP contribution in [0.15, 0.2) is 55.8 Å². The molecule has 0 aliphatic carbocycles. The van der Waals surface area contributed by atoms with Crippen molar-refractivity contribution in [2.45, 2.75) is 13.8 Å². The van der Waals surface area contributed by atoms with Crippen molar-refractivity contribution in [3.63, 3.8) is 0 Å². The number of fused-ring (bicyclic) bond motifs is 1. The Bertz CT molecular complexity index is 1450. The highest BCUT2D eigenvalue weighted by atomic mass is 79.9. The number of anilines is 1. The molecule has 34 heavy (non-hydrogen) atoms. The minimum Gasteiger partial charge on any atom is -0.507 e. The summed E-state index contributed by atoms with van der Waals surface area (Å²) in [5.41, 5.74) is 4.63. The molecule has 1 amide bonds. The predicted octanol–water partition coefficient (Wildman–Crippen LogP) is 6.48. The number of thiocarbonyl (C=S) groups is 1. The maximum atomic E-state index is 12.8. The first-order chi connectivity index (χ1) is 16.2.